The summed E-state index contributed by atoms with van der Waals surface area (Å²) in [5.74, 6) is -0.330. The fourth-order valence-electron chi connectivity index (χ4n) is 2.35. The van der Waals surface area contributed by atoms with E-state index in [0.717, 1.165) is 16.5 Å². The fraction of sp³-hybridized carbons (Fsp3) is 0.316. The van der Waals surface area contributed by atoms with Crippen LogP contribution in [0.15, 0.2) is 64.0 Å². The zero-order chi connectivity index (χ0) is 19.2. The van der Waals surface area contributed by atoms with Crippen molar-refractivity contribution in [2.24, 2.45) is 0 Å². The zero-order valence-electron chi connectivity index (χ0n) is 14.8. The van der Waals surface area contributed by atoms with Crippen LogP contribution in [0, 0.1) is 0 Å². The minimum absolute atomic E-state index is 0.0297. The first-order valence-electron chi connectivity index (χ1n) is 8.44. The van der Waals surface area contributed by atoms with Crippen molar-refractivity contribution in [1.82, 2.24) is 10.0 Å². The molecule has 0 heterocycles. The lowest BCUT2D eigenvalue weighted by atomic mass is 10.1. The highest BCUT2D eigenvalue weighted by atomic mass is 79.9. The molecule has 1 amide bonds. The van der Waals surface area contributed by atoms with Crippen LogP contribution in [-0.2, 0) is 21.2 Å². The van der Waals surface area contributed by atoms with Gasteiger partial charge in [0.1, 0.15) is 6.04 Å². The Labute approximate surface area is 163 Å². The van der Waals surface area contributed by atoms with Gasteiger partial charge in [0, 0.05) is 10.5 Å². The second-order valence-electron chi connectivity index (χ2n) is 6.14. The van der Waals surface area contributed by atoms with Crippen LogP contribution in [0.3, 0.4) is 0 Å². The molecule has 26 heavy (non-hydrogen) atoms. The van der Waals surface area contributed by atoms with E-state index in [1.807, 2.05) is 44.2 Å². The van der Waals surface area contributed by atoms with Crippen LogP contribution in [0.2, 0.25) is 0 Å². The Morgan fingerprint density at radius 1 is 1.08 bits per heavy atom. The molecule has 0 saturated heterocycles. The third-order valence-corrected chi connectivity index (χ3v) is 6.04. The van der Waals surface area contributed by atoms with Crippen LogP contribution >= 0.6 is 15.9 Å². The number of nitrogens with one attached hydrogen (secondary N) is 2. The highest BCUT2D eigenvalue weighted by Crippen LogP contribution is 2.16. The van der Waals surface area contributed by atoms with Crippen LogP contribution < -0.4 is 10.0 Å². The number of hydrogen-bond acceptors (Lipinski definition) is 3. The molecule has 0 aliphatic carbocycles. The van der Waals surface area contributed by atoms with Crippen molar-refractivity contribution in [1.29, 1.82) is 0 Å². The Kier molecular flexibility index (Phi) is 7.37. The molecule has 0 aromatic heterocycles. The predicted molar refractivity (Wildman–Crippen MR) is 106 cm³/mol. The van der Waals surface area contributed by atoms with Crippen molar-refractivity contribution in [3.63, 3.8) is 0 Å². The van der Waals surface area contributed by atoms with Crippen LogP contribution in [0.25, 0.3) is 0 Å². The number of benzene rings is 2. The summed E-state index contributed by atoms with van der Waals surface area (Å²) in [7, 11) is -3.82. The van der Waals surface area contributed by atoms with Gasteiger partial charge in [0.05, 0.1) is 4.90 Å². The van der Waals surface area contributed by atoms with Gasteiger partial charge < -0.3 is 5.32 Å². The van der Waals surface area contributed by atoms with E-state index in [1.54, 1.807) is 12.1 Å². The topological polar surface area (TPSA) is 75.3 Å². The molecule has 0 unspecified atom stereocenters. The molecule has 2 aromatic carbocycles. The number of carbonyl (C=O) groups is 1. The van der Waals surface area contributed by atoms with Gasteiger partial charge in [-0.15, -0.1) is 0 Å². The summed E-state index contributed by atoms with van der Waals surface area (Å²) >= 11 is 3.29. The monoisotopic (exact) mass is 438 g/mol. The summed E-state index contributed by atoms with van der Waals surface area (Å²) in [5.41, 5.74) is 0.885. The van der Waals surface area contributed by atoms with E-state index in [1.165, 1.54) is 12.1 Å². The van der Waals surface area contributed by atoms with Crippen molar-refractivity contribution in [2.45, 2.75) is 43.7 Å². The van der Waals surface area contributed by atoms with Gasteiger partial charge in [-0.05, 0) is 49.6 Å². The van der Waals surface area contributed by atoms with Crippen LogP contribution in [0.5, 0.6) is 0 Å². The summed E-state index contributed by atoms with van der Waals surface area (Å²) < 4.78 is 28.7. The summed E-state index contributed by atoms with van der Waals surface area (Å²) in [6.45, 7) is 3.85. The predicted octanol–water partition coefficient (Wildman–Crippen LogP) is 3.25. The van der Waals surface area contributed by atoms with Gasteiger partial charge in [-0.2, -0.15) is 4.72 Å². The third kappa shape index (κ3) is 5.93. The smallest absolute Gasteiger partial charge is 0.241 e. The van der Waals surface area contributed by atoms with Gasteiger partial charge in [0.2, 0.25) is 15.9 Å². The standard InChI is InChI=1S/C19H23BrN2O3S/c1-3-14(2)21-19(23)18(13-15-7-5-4-6-8-15)22-26(24,25)17-11-9-16(20)10-12-17/h4-12,14,18,22H,3,13H2,1-2H3,(H,21,23)/t14-,18-/m0/s1. The first-order valence-corrected chi connectivity index (χ1v) is 10.7. The second kappa shape index (κ2) is 9.30. The van der Waals surface area contributed by atoms with Crippen molar-refractivity contribution in [3.8, 4) is 0 Å². The molecule has 7 heteroatoms. The largest absolute Gasteiger partial charge is 0.352 e. The second-order valence-corrected chi connectivity index (χ2v) is 8.77. The molecule has 0 aliphatic rings. The Hall–Kier alpha value is -1.70. The quantitative estimate of drug-likeness (QED) is 0.663. The zero-order valence-corrected chi connectivity index (χ0v) is 17.2. The molecule has 2 rings (SSSR count). The summed E-state index contributed by atoms with van der Waals surface area (Å²) in [6.07, 6.45) is 1.04. The average molecular weight is 439 g/mol. The molecule has 0 bridgehead atoms. The van der Waals surface area contributed by atoms with Gasteiger partial charge >= 0.3 is 0 Å². The summed E-state index contributed by atoms with van der Waals surface area (Å²) in [6, 6.07) is 14.7. The minimum Gasteiger partial charge on any atom is -0.352 e. The SMILES string of the molecule is CC[C@H](C)NC(=O)[C@H](Cc1ccccc1)NS(=O)(=O)c1ccc(Br)cc1. The molecule has 0 fully saturated rings. The maximum absolute atomic E-state index is 12.7. The van der Waals surface area contributed by atoms with E-state index >= 15 is 0 Å². The van der Waals surface area contributed by atoms with Gasteiger partial charge in [-0.25, -0.2) is 8.42 Å². The molecule has 140 valence electrons. The maximum Gasteiger partial charge on any atom is 0.241 e. The molecule has 0 saturated carbocycles. The highest BCUT2D eigenvalue weighted by molar-refractivity contribution is 9.10. The van der Waals surface area contributed by atoms with Gasteiger partial charge in [-0.3, -0.25) is 4.79 Å². The minimum atomic E-state index is -3.82. The Balaban J connectivity index is 2.24. The molecule has 0 aliphatic heterocycles. The van der Waals surface area contributed by atoms with Crippen molar-refractivity contribution in [3.05, 3.63) is 64.6 Å². The molecule has 0 radical (unpaired) electrons. The average Bonchev–Trinajstić information content (AvgIpc) is 2.62. The van der Waals surface area contributed by atoms with Gasteiger partial charge in [-0.1, -0.05) is 53.2 Å². The molecule has 0 spiro atoms. The van der Waals surface area contributed by atoms with Crippen LogP contribution in [0.4, 0.5) is 0 Å². The maximum atomic E-state index is 12.7. The van der Waals surface area contributed by atoms with Crippen LogP contribution in [0.1, 0.15) is 25.8 Å². The lowest BCUT2D eigenvalue weighted by Crippen LogP contribution is -2.50. The molecular formula is C19H23BrN2O3S. The summed E-state index contributed by atoms with van der Waals surface area (Å²) in [4.78, 5) is 12.8. The number of hydrogen-bond donors (Lipinski definition) is 2. The number of halogens is 1. The van der Waals surface area contributed by atoms with Crippen LogP contribution in [-0.4, -0.2) is 26.4 Å². The first-order chi connectivity index (χ1) is 12.3. The molecule has 2 atom stereocenters. The first kappa shape index (κ1) is 20.6. The lowest BCUT2D eigenvalue weighted by molar-refractivity contribution is -0.123. The Morgan fingerprint density at radius 2 is 1.69 bits per heavy atom. The van der Waals surface area contributed by atoms with Crippen molar-refractivity contribution < 1.29 is 13.2 Å². The Morgan fingerprint density at radius 3 is 2.27 bits per heavy atom. The molecule has 2 N–H and O–H groups in total. The van der Waals surface area contributed by atoms with Crippen molar-refractivity contribution >= 4 is 31.9 Å². The number of amides is 1. The Bertz CT molecular complexity index is 824. The van der Waals surface area contributed by atoms with E-state index in [0.29, 0.717) is 0 Å². The number of carbonyl (C=O) groups excluding carboxylic acids is 1. The number of rotatable bonds is 8. The fourth-order valence-corrected chi connectivity index (χ4v) is 3.81. The van der Waals surface area contributed by atoms with Gasteiger partial charge in [0.15, 0.2) is 0 Å². The van der Waals surface area contributed by atoms with E-state index in [9.17, 15) is 13.2 Å². The summed E-state index contributed by atoms with van der Waals surface area (Å²) in [5, 5.41) is 2.86. The van der Waals surface area contributed by atoms with Crippen molar-refractivity contribution in [2.75, 3.05) is 0 Å². The lowest BCUT2D eigenvalue weighted by Gasteiger charge is -2.21. The highest BCUT2D eigenvalue weighted by Gasteiger charge is 2.26. The van der Waals surface area contributed by atoms with E-state index in [2.05, 4.69) is 26.0 Å². The number of sulfonamides is 1. The normalized spacial score (nSPS) is 13.8. The van der Waals surface area contributed by atoms with Gasteiger partial charge in [0.25, 0.3) is 0 Å². The third-order valence-electron chi connectivity index (χ3n) is 4.02. The molecule has 5 nitrogen and oxygen atoms in total. The van der Waals surface area contributed by atoms with E-state index in [4.69, 9.17) is 0 Å². The van der Waals surface area contributed by atoms with E-state index < -0.39 is 16.1 Å². The molecule has 2 aromatic rings. The molecular weight excluding hydrogens is 416 g/mol. The van der Waals surface area contributed by atoms with E-state index in [-0.39, 0.29) is 23.3 Å².